The van der Waals surface area contributed by atoms with Gasteiger partial charge in [-0.25, -0.2) is 9.78 Å². The van der Waals surface area contributed by atoms with Gasteiger partial charge in [0.15, 0.2) is 0 Å². The van der Waals surface area contributed by atoms with Crippen molar-refractivity contribution >= 4 is 28.4 Å². The van der Waals surface area contributed by atoms with Crippen molar-refractivity contribution in [3.05, 3.63) is 89.2 Å². The van der Waals surface area contributed by atoms with Crippen LogP contribution < -0.4 is 10.6 Å². The topological polar surface area (TPSA) is 76.3 Å². The van der Waals surface area contributed by atoms with E-state index in [9.17, 15) is 18.0 Å². The minimum atomic E-state index is -4.54. The lowest BCUT2D eigenvalue weighted by Crippen LogP contribution is -2.44. The number of rotatable bonds is 4. The van der Waals surface area contributed by atoms with Crippen LogP contribution in [0.25, 0.3) is 11.0 Å². The molecular formula is C29H27F3N6O. The molecule has 0 saturated carbocycles. The molecule has 0 unspecified atom stereocenters. The normalized spacial score (nSPS) is 14.6. The Hall–Kier alpha value is -4.33. The lowest BCUT2D eigenvalue weighted by molar-refractivity contribution is -0.138. The second kappa shape index (κ2) is 11.2. The van der Waals surface area contributed by atoms with Gasteiger partial charge in [-0.2, -0.15) is 13.2 Å². The van der Waals surface area contributed by atoms with Gasteiger partial charge in [0.05, 0.1) is 5.56 Å². The molecule has 2 aromatic heterocycles. The molecule has 0 aliphatic carbocycles. The van der Waals surface area contributed by atoms with Gasteiger partial charge < -0.3 is 20.5 Å². The van der Waals surface area contributed by atoms with Crippen molar-refractivity contribution in [1.82, 2.24) is 19.8 Å². The third kappa shape index (κ3) is 6.76. The number of pyridine rings is 1. The number of aromatic nitrogens is 2. The molecule has 2 aromatic carbocycles. The van der Waals surface area contributed by atoms with E-state index in [0.29, 0.717) is 24.3 Å². The first kappa shape index (κ1) is 26.3. The van der Waals surface area contributed by atoms with Crippen LogP contribution in [0, 0.1) is 11.8 Å². The first-order chi connectivity index (χ1) is 18.7. The molecule has 0 radical (unpaired) electrons. The number of likely N-dealkylation sites (N-methyl/N-ethyl adjacent to an activating group) is 1. The fourth-order valence-electron chi connectivity index (χ4n) is 4.42. The summed E-state index contributed by atoms with van der Waals surface area (Å²) in [5, 5.41) is 6.13. The van der Waals surface area contributed by atoms with Crippen LogP contribution in [-0.2, 0) is 12.7 Å². The first-order valence-corrected chi connectivity index (χ1v) is 12.5. The highest BCUT2D eigenvalue weighted by atomic mass is 19.4. The second-order valence-corrected chi connectivity index (χ2v) is 9.50. The molecule has 10 heteroatoms. The van der Waals surface area contributed by atoms with E-state index >= 15 is 0 Å². The van der Waals surface area contributed by atoms with Crippen LogP contribution in [0.3, 0.4) is 0 Å². The molecule has 39 heavy (non-hydrogen) atoms. The Bertz CT molecular complexity index is 1540. The predicted molar refractivity (Wildman–Crippen MR) is 145 cm³/mol. The number of hydrogen-bond donors (Lipinski definition) is 3. The molecule has 200 valence electrons. The summed E-state index contributed by atoms with van der Waals surface area (Å²) in [5.41, 5.74) is 2.15. The van der Waals surface area contributed by atoms with E-state index in [0.717, 1.165) is 35.8 Å². The predicted octanol–water partition coefficient (Wildman–Crippen LogP) is 5.37. The smallest absolute Gasteiger partial charge is 0.346 e. The number of H-pyrrole nitrogens is 1. The number of nitrogens with zero attached hydrogens (tertiary/aromatic N) is 3. The highest BCUT2D eigenvalue weighted by molar-refractivity contribution is 5.99. The van der Waals surface area contributed by atoms with Crippen molar-refractivity contribution in [2.75, 3.05) is 43.9 Å². The molecule has 1 fully saturated rings. The third-order valence-corrected chi connectivity index (χ3v) is 6.53. The fourth-order valence-corrected chi connectivity index (χ4v) is 4.42. The summed E-state index contributed by atoms with van der Waals surface area (Å²) in [6.07, 6.45) is -1.06. The number of amides is 2. The second-order valence-electron chi connectivity index (χ2n) is 9.50. The van der Waals surface area contributed by atoms with E-state index in [2.05, 4.69) is 37.3 Å². The van der Waals surface area contributed by atoms with Crippen molar-refractivity contribution in [2.24, 2.45) is 0 Å². The lowest BCUT2D eigenvalue weighted by atomic mass is 10.0. The first-order valence-electron chi connectivity index (χ1n) is 12.5. The standard InChI is InChI=1S/C29H27F3N6O/c1-37-11-13-38(14-12-37)19-23-7-8-25(17-26(23)29(30,31)32)36-28(39)35-24-4-2-3-20(16-24)5-6-21-15-22-9-10-33-27(22)34-18-21/h2-4,7-10,15-18H,11-14,19H2,1H3,(H,33,34)(H2,35,36,39). The number of halogens is 3. The van der Waals surface area contributed by atoms with E-state index in [-0.39, 0.29) is 17.8 Å². The Morgan fingerprint density at radius 3 is 2.49 bits per heavy atom. The maximum Gasteiger partial charge on any atom is 0.416 e. The van der Waals surface area contributed by atoms with Crippen LogP contribution in [0.4, 0.5) is 29.3 Å². The van der Waals surface area contributed by atoms with Crippen LogP contribution in [-0.4, -0.2) is 59.0 Å². The van der Waals surface area contributed by atoms with Gasteiger partial charge in [-0.15, -0.1) is 0 Å². The number of alkyl halides is 3. The van der Waals surface area contributed by atoms with Crippen LogP contribution in [0.1, 0.15) is 22.3 Å². The number of urea groups is 1. The molecule has 4 aromatic rings. The van der Waals surface area contributed by atoms with Crippen molar-refractivity contribution in [1.29, 1.82) is 0 Å². The average Bonchev–Trinajstić information content (AvgIpc) is 3.37. The van der Waals surface area contributed by atoms with Crippen molar-refractivity contribution in [3.63, 3.8) is 0 Å². The number of hydrogen-bond acceptors (Lipinski definition) is 4. The highest BCUT2D eigenvalue weighted by Crippen LogP contribution is 2.34. The van der Waals surface area contributed by atoms with Gasteiger partial charge in [0, 0.05) is 73.0 Å². The lowest BCUT2D eigenvalue weighted by Gasteiger charge is -2.33. The van der Waals surface area contributed by atoms with Crippen molar-refractivity contribution in [2.45, 2.75) is 12.7 Å². The van der Waals surface area contributed by atoms with Crippen molar-refractivity contribution < 1.29 is 18.0 Å². The summed E-state index contributed by atoms with van der Waals surface area (Å²) in [4.78, 5) is 24.1. The number of benzene rings is 2. The molecule has 2 amide bonds. The summed E-state index contributed by atoms with van der Waals surface area (Å²) in [5.74, 6) is 6.10. The van der Waals surface area contributed by atoms with Gasteiger partial charge in [-0.1, -0.05) is 24.0 Å². The Morgan fingerprint density at radius 1 is 0.974 bits per heavy atom. The average molecular weight is 533 g/mol. The summed E-state index contributed by atoms with van der Waals surface area (Å²) < 4.78 is 41.6. The van der Waals surface area contributed by atoms with E-state index < -0.39 is 17.8 Å². The molecule has 1 aliphatic heterocycles. The van der Waals surface area contributed by atoms with Gasteiger partial charge in [-0.3, -0.25) is 4.90 Å². The minimum absolute atomic E-state index is 0.0607. The number of carbonyl (C=O) groups excluding carboxylic acids is 1. The molecule has 0 atom stereocenters. The molecule has 1 aliphatic rings. The number of fused-ring (bicyclic) bond motifs is 1. The Labute approximate surface area is 224 Å². The summed E-state index contributed by atoms with van der Waals surface area (Å²) in [7, 11) is 2.00. The Balaban J connectivity index is 1.25. The van der Waals surface area contributed by atoms with Crippen LogP contribution in [0.5, 0.6) is 0 Å². The molecular weight excluding hydrogens is 505 g/mol. The zero-order chi connectivity index (χ0) is 27.4. The molecule has 7 nitrogen and oxygen atoms in total. The summed E-state index contributed by atoms with van der Waals surface area (Å²) >= 11 is 0. The number of anilines is 2. The van der Waals surface area contributed by atoms with Gasteiger partial charge in [0.1, 0.15) is 5.65 Å². The van der Waals surface area contributed by atoms with Gasteiger partial charge >= 0.3 is 12.2 Å². The number of aromatic amines is 1. The number of nitrogens with one attached hydrogen (secondary N) is 3. The highest BCUT2D eigenvalue weighted by Gasteiger charge is 2.34. The Kier molecular flexibility index (Phi) is 7.54. The molecule has 1 saturated heterocycles. The SMILES string of the molecule is CN1CCN(Cc2ccc(NC(=O)Nc3cccc(C#Cc4cnc5[nH]ccc5c4)c3)cc2C(F)(F)F)CC1. The Morgan fingerprint density at radius 2 is 1.72 bits per heavy atom. The molecule has 5 rings (SSSR count). The van der Waals surface area contributed by atoms with Crippen molar-refractivity contribution in [3.8, 4) is 11.8 Å². The zero-order valence-electron chi connectivity index (χ0n) is 21.3. The van der Waals surface area contributed by atoms with Gasteiger partial charge in [0.25, 0.3) is 0 Å². The largest absolute Gasteiger partial charge is 0.416 e. The molecule has 3 N–H and O–H groups in total. The van der Waals surface area contributed by atoms with E-state index in [1.54, 1.807) is 30.5 Å². The van der Waals surface area contributed by atoms with Gasteiger partial charge in [-0.05, 0) is 55.1 Å². The van der Waals surface area contributed by atoms with Crippen LogP contribution >= 0.6 is 0 Å². The van der Waals surface area contributed by atoms with E-state index in [1.807, 2.05) is 30.3 Å². The van der Waals surface area contributed by atoms with Gasteiger partial charge in [0.2, 0.25) is 0 Å². The number of piperazine rings is 1. The summed E-state index contributed by atoms with van der Waals surface area (Å²) in [6.45, 7) is 3.25. The van der Waals surface area contributed by atoms with Crippen LogP contribution in [0.15, 0.2) is 67.0 Å². The minimum Gasteiger partial charge on any atom is -0.346 e. The molecule has 3 heterocycles. The van der Waals surface area contributed by atoms with Crippen LogP contribution in [0.2, 0.25) is 0 Å². The summed E-state index contributed by atoms with van der Waals surface area (Å²) in [6, 6.07) is 14.0. The zero-order valence-corrected chi connectivity index (χ0v) is 21.3. The maximum absolute atomic E-state index is 13.9. The molecule has 0 spiro atoms. The molecule has 0 bridgehead atoms. The fraction of sp³-hybridized carbons (Fsp3) is 0.241. The quantitative estimate of drug-likeness (QED) is 0.309. The van der Waals surface area contributed by atoms with E-state index in [1.165, 1.54) is 12.1 Å². The monoisotopic (exact) mass is 532 g/mol. The maximum atomic E-state index is 13.9. The number of carbonyl (C=O) groups is 1. The van der Waals surface area contributed by atoms with E-state index in [4.69, 9.17) is 0 Å². The third-order valence-electron chi connectivity index (χ3n) is 6.53.